The maximum Gasteiger partial charge on any atom is 0.287 e. The zero-order valence-corrected chi connectivity index (χ0v) is 15.4. The molecule has 8 nitrogen and oxygen atoms in total. The van der Waals surface area contributed by atoms with Crippen molar-refractivity contribution in [3.05, 3.63) is 102 Å². The van der Waals surface area contributed by atoms with Crippen LogP contribution in [-0.2, 0) is 0 Å². The molecule has 144 valence electrons. The van der Waals surface area contributed by atoms with Gasteiger partial charge in [0.2, 0.25) is 0 Å². The first-order valence-corrected chi connectivity index (χ1v) is 9.04. The molecule has 2 aromatic carbocycles. The fourth-order valence-corrected chi connectivity index (χ4v) is 2.91. The van der Waals surface area contributed by atoms with E-state index < -0.39 is 0 Å². The molecule has 0 aliphatic carbocycles. The first-order valence-electron chi connectivity index (χ1n) is 9.04. The van der Waals surface area contributed by atoms with Crippen molar-refractivity contribution >= 4 is 11.9 Å². The number of amides is 1. The number of rotatable bonds is 7. The minimum atomic E-state index is -0.375. The predicted octanol–water partition coefficient (Wildman–Crippen LogP) is 2.58. The van der Waals surface area contributed by atoms with Gasteiger partial charge in [0.25, 0.3) is 11.9 Å². The Bertz CT molecular complexity index is 1010. The lowest BCUT2D eigenvalue weighted by molar-refractivity contribution is 0.0761. The summed E-state index contributed by atoms with van der Waals surface area (Å²) in [7, 11) is 0. The monoisotopic (exact) mass is 386 g/mol. The van der Waals surface area contributed by atoms with Crippen molar-refractivity contribution in [2.75, 3.05) is 11.9 Å². The normalized spacial score (nSPS) is 10.7. The van der Waals surface area contributed by atoms with Gasteiger partial charge in [-0.1, -0.05) is 65.8 Å². The van der Waals surface area contributed by atoms with Crippen LogP contribution in [0.3, 0.4) is 0 Å². The molecular weight excluding hydrogens is 368 g/mol. The number of carbonyl (C=O) groups is 1. The maximum absolute atomic E-state index is 12.3. The zero-order chi connectivity index (χ0) is 19.9. The molecule has 2 heterocycles. The van der Waals surface area contributed by atoms with Crippen LogP contribution in [0, 0.1) is 0 Å². The van der Waals surface area contributed by atoms with Gasteiger partial charge in [-0.05, 0) is 38.5 Å². The van der Waals surface area contributed by atoms with Crippen LogP contribution in [0.5, 0.6) is 0 Å². The number of hydrogen-bond donors (Lipinski definition) is 1. The molecule has 8 heteroatoms. The van der Waals surface area contributed by atoms with Gasteiger partial charge in [-0.3, -0.25) is 15.1 Å². The summed E-state index contributed by atoms with van der Waals surface area (Å²) in [5.41, 5.74) is 2.61. The average molecular weight is 386 g/mol. The number of aromatic nitrogens is 5. The topological polar surface area (TPSA) is 94.8 Å². The van der Waals surface area contributed by atoms with E-state index in [-0.39, 0.29) is 24.4 Å². The molecule has 0 fully saturated rings. The second kappa shape index (κ2) is 8.75. The minimum Gasteiger partial charge on any atom is -0.391 e. The van der Waals surface area contributed by atoms with Crippen LogP contribution in [0.15, 0.2) is 85.2 Å². The molecule has 1 N–H and O–H groups in total. The Morgan fingerprint density at radius 2 is 1.66 bits per heavy atom. The molecule has 2 aromatic heterocycles. The Hall–Kier alpha value is -4.07. The summed E-state index contributed by atoms with van der Waals surface area (Å²) in [5.74, 6) is -0.303. The third-order valence-corrected chi connectivity index (χ3v) is 4.36. The second-order valence-corrected chi connectivity index (χ2v) is 6.24. The molecule has 0 unspecified atom stereocenters. The van der Waals surface area contributed by atoms with Crippen molar-refractivity contribution in [3.63, 3.8) is 0 Å². The molecule has 0 radical (unpaired) electrons. The largest absolute Gasteiger partial charge is 0.391 e. The van der Waals surface area contributed by atoms with Gasteiger partial charge in [0.1, 0.15) is 6.61 Å². The molecule has 29 heavy (non-hydrogen) atoms. The van der Waals surface area contributed by atoms with Crippen LogP contribution in [0.2, 0.25) is 0 Å². The molecule has 0 atom stereocenters. The Labute approximate surface area is 167 Å². The number of benzene rings is 2. The van der Waals surface area contributed by atoms with E-state index in [1.54, 1.807) is 18.3 Å². The summed E-state index contributed by atoms with van der Waals surface area (Å²) in [6.45, 7) is 0.287. The quantitative estimate of drug-likeness (QED) is 0.525. The van der Waals surface area contributed by atoms with Gasteiger partial charge in [-0.2, -0.15) is 0 Å². The highest BCUT2D eigenvalue weighted by Crippen LogP contribution is 2.24. The zero-order valence-electron chi connectivity index (χ0n) is 15.4. The Balaban J connectivity index is 1.50. The molecule has 0 saturated heterocycles. The summed E-state index contributed by atoms with van der Waals surface area (Å²) >= 11 is 0. The highest BCUT2D eigenvalue weighted by atomic mass is 16.7. The molecule has 4 rings (SSSR count). The lowest BCUT2D eigenvalue weighted by atomic mass is 9.92. The van der Waals surface area contributed by atoms with E-state index in [2.05, 4.69) is 25.8 Å². The van der Waals surface area contributed by atoms with Crippen LogP contribution in [0.4, 0.5) is 5.95 Å². The van der Waals surface area contributed by atoms with Crippen molar-refractivity contribution in [1.82, 2.24) is 25.4 Å². The molecule has 0 aliphatic rings. The van der Waals surface area contributed by atoms with Crippen molar-refractivity contribution in [3.8, 4) is 0 Å². The third kappa shape index (κ3) is 4.44. The third-order valence-electron chi connectivity index (χ3n) is 4.36. The molecule has 0 saturated carbocycles. The van der Waals surface area contributed by atoms with Crippen LogP contribution in [-0.4, -0.2) is 37.9 Å². The van der Waals surface area contributed by atoms with Crippen LogP contribution in [0.1, 0.15) is 27.4 Å². The summed E-state index contributed by atoms with van der Waals surface area (Å²) in [5, 5.41) is 13.9. The standard InChI is InChI=1S/C21H18N6O2/c28-20(18-12-7-13-22-14-18)23-21-24-25-26-27(21)29-15-19(16-8-3-1-4-9-16)17-10-5-2-6-11-17/h1-14,19H,15H2,(H,23,24,26,28). The number of hydrogen-bond acceptors (Lipinski definition) is 6. The van der Waals surface area contributed by atoms with Gasteiger partial charge in [0, 0.05) is 18.3 Å². The first-order chi connectivity index (χ1) is 14.3. The lowest BCUT2D eigenvalue weighted by Crippen LogP contribution is -2.24. The smallest absolute Gasteiger partial charge is 0.287 e. The fraction of sp³-hybridized carbons (Fsp3) is 0.0952. The highest BCUT2D eigenvalue weighted by Gasteiger charge is 2.18. The number of pyridine rings is 1. The summed E-state index contributed by atoms with van der Waals surface area (Å²) in [6, 6.07) is 23.4. The van der Waals surface area contributed by atoms with E-state index in [4.69, 9.17) is 4.84 Å². The van der Waals surface area contributed by atoms with Gasteiger partial charge in [-0.15, -0.1) is 0 Å². The van der Waals surface area contributed by atoms with Crippen LogP contribution in [0.25, 0.3) is 0 Å². The number of nitrogens with one attached hydrogen (secondary N) is 1. The molecular formula is C21H18N6O2. The second-order valence-electron chi connectivity index (χ2n) is 6.24. The maximum atomic E-state index is 12.3. The first kappa shape index (κ1) is 18.3. The predicted molar refractivity (Wildman–Crippen MR) is 106 cm³/mol. The Morgan fingerprint density at radius 1 is 0.966 bits per heavy atom. The molecule has 0 spiro atoms. The SMILES string of the molecule is O=C(Nc1nnnn1OCC(c1ccccc1)c1ccccc1)c1cccnc1. The number of tetrazole rings is 1. The van der Waals surface area contributed by atoms with Crippen LogP contribution < -0.4 is 10.2 Å². The summed E-state index contributed by atoms with van der Waals surface area (Å²) < 4.78 is 0. The fourth-order valence-electron chi connectivity index (χ4n) is 2.91. The van der Waals surface area contributed by atoms with Crippen molar-refractivity contribution in [1.29, 1.82) is 0 Å². The lowest BCUT2D eigenvalue weighted by Gasteiger charge is -2.18. The van der Waals surface area contributed by atoms with Gasteiger partial charge in [-0.25, -0.2) is 0 Å². The average Bonchev–Trinajstić information content (AvgIpc) is 3.23. The summed E-state index contributed by atoms with van der Waals surface area (Å²) in [4.78, 5) is 23.2. The Morgan fingerprint density at radius 3 is 2.28 bits per heavy atom. The molecule has 4 aromatic rings. The number of anilines is 1. The van der Waals surface area contributed by atoms with Gasteiger partial charge >= 0.3 is 0 Å². The number of carbonyl (C=O) groups excluding carboxylic acids is 1. The van der Waals surface area contributed by atoms with Crippen molar-refractivity contribution < 1.29 is 9.63 Å². The van der Waals surface area contributed by atoms with E-state index in [0.29, 0.717) is 5.56 Å². The van der Waals surface area contributed by atoms with E-state index in [0.717, 1.165) is 16.0 Å². The highest BCUT2D eigenvalue weighted by molar-refractivity contribution is 6.02. The van der Waals surface area contributed by atoms with Crippen molar-refractivity contribution in [2.45, 2.75) is 5.92 Å². The van der Waals surface area contributed by atoms with Gasteiger partial charge < -0.3 is 4.84 Å². The van der Waals surface area contributed by atoms with E-state index in [9.17, 15) is 4.79 Å². The molecule has 0 bridgehead atoms. The minimum absolute atomic E-state index is 0.0246. The van der Waals surface area contributed by atoms with Crippen molar-refractivity contribution in [2.24, 2.45) is 0 Å². The molecule has 1 amide bonds. The summed E-state index contributed by atoms with van der Waals surface area (Å²) in [6.07, 6.45) is 3.06. The van der Waals surface area contributed by atoms with E-state index in [1.807, 2.05) is 60.7 Å². The van der Waals surface area contributed by atoms with Gasteiger partial charge in [0.05, 0.1) is 5.56 Å². The van der Waals surface area contributed by atoms with E-state index >= 15 is 0 Å². The Kier molecular flexibility index (Phi) is 5.52. The van der Waals surface area contributed by atoms with Gasteiger partial charge in [0.15, 0.2) is 0 Å². The van der Waals surface area contributed by atoms with E-state index in [1.165, 1.54) is 6.20 Å². The number of nitrogens with zero attached hydrogens (tertiary/aromatic N) is 5. The van der Waals surface area contributed by atoms with Crippen LogP contribution >= 0.6 is 0 Å². The molecule has 0 aliphatic heterocycles.